The summed E-state index contributed by atoms with van der Waals surface area (Å²) in [6.07, 6.45) is 0. The van der Waals surface area contributed by atoms with Crippen LogP contribution < -0.4 is 5.73 Å². The minimum Gasteiger partial charge on any atom is -0.369 e. The predicted octanol–water partition coefficient (Wildman–Crippen LogP) is 2.40. The van der Waals surface area contributed by atoms with Crippen molar-refractivity contribution in [3.63, 3.8) is 0 Å². The highest BCUT2D eigenvalue weighted by atomic mass is 32.2. The second kappa shape index (κ2) is 6.48. The number of primary amides is 1. The molecule has 0 fully saturated rings. The Morgan fingerprint density at radius 1 is 1.05 bits per heavy atom. The molecule has 0 saturated carbocycles. The van der Waals surface area contributed by atoms with Gasteiger partial charge in [0, 0.05) is 16.6 Å². The molecule has 0 heterocycles. The number of nitrogens with two attached hydrogens (primary N) is 1. The van der Waals surface area contributed by atoms with E-state index in [1.165, 1.54) is 5.56 Å². The number of aryl methyl sites for hydroxylation is 1. The molecule has 0 aliphatic rings. The van der Waals surface area contributed by atoms with Crippen LogP contribution >= 0.6 is 0 Å². The summed E-state index contributed by atoms with van der Waals surface area (Å²) in [5, 5.41) is 0. The van der Waals surface area contributed by atoms with Crippen molar-refractivity contribution in [2.75, 3.05) is 5.75 Å². The molecule has 2 aromatic carbocycles. The van der Waals surface area contributed by atoms with Crippen molar-refractivity contribution in [3.8, 4) is 11.1 Å². The molecular formula is C16H17NO2S. The minimum atomic E-state index is -1.27. The first-order valence-corrected chi connectivity index (χ1v) is 7.84. The lowest BCUT2D eigenvalue weighted by Crippen LogP contribution is -2.20. The number of hydrogen-bond donors (Lipinski definition) is 1. The van der Waals surface area contributed by atoms with E-state index in [1.54, 1.807) is 0 Å². The fourth-order valence-corrected chi connectivity index (χ4v) is 3.19. The molecule has 2 rings (SSSR count). The van der Waals surface area contributed by atoms with Crippen molar-refractivity contribution >= 4 is 16.7 Å². The second-order valence-electron chi connectivity index (χ2n) is 4.67. The van der Waals surface area contributed by atoms with Gasteiger partial charge in [0.25, 0.3) is 0 Å². The van der Waals surface area contributed by atoms with E-state index in [-0.39, 0.29) is 5.75 Å². The summed E-state index contributed by atoms with van der Waals surface area (Å²) in [4.78, 5) is 10.8. The van der Waals surface area contributed by atoms with Gasteiger partial charge in [-0.2, -0.15) is 0 Å². The van der Waals surface area contributed by atoms with Crippen LogP contribution in [0.4, 0.5) is 0 Å². The largest absolute Gasteiger partial charge is 0.369 e. The Hall–Kier alpha value is -1.94. The summed E-state index contributed by atoms with van der Waals surface area (Å²) in [5.41, 5.74) is 9.41. The van der Waals surface area contributed by atoms with Crippen LogP contribution in [-0.2, 0) is 21.3 Å². The van der Waals surface area contributed by atoms with Gasteiger partial charge in [-0.15, -0.1) is 0 Å². The Morgan fingerprint density at radius 3 is 2.30 bits per heavy atom. The van der Waals surface area contributed by atoms with Gasteiger partial charge in [-0.1, -0.05) is 48.5 Å². The number of carbonyl (C=O) groups excluding carboxylic acids is 1. The molecule has 0 aromatic heterocycles. The third-order valence-corrected chi connectivity index (χ3v) is 4.31. The van der Waals surface area contributed by atoms with Crippen molar-refractivity contribution in [3.05, 3.63) is 59.7 Å². The van der Waals surface area contributed by atoms with Crippen LogP contribution in [0.25, 0.3) is 11.1 Å². The standard InChI is InChI=1S/C16H17NO2S/c1-12-6-2-4-8-14(12)15-9-5-3-7-13(15)10-20(19)11-16(17)18/h2-9H,10-11H2,1H3,(H2,17,18)/t20-/m1/s1. The highest BCUT2D eigenvalue weighted by Crippen LogP contribution is 2.27. The van der Waals surface area contributed by atoms with Crippen LogP contribution in [0.15, 0.2) is 48.5 Å². The van der Waals surface area contributed by atoms with Gasteiger partial charge in [0.05, 0.1) is 0 Å². The van der Waals surface area contributed by atoms with E-state index in [0.717, 1.165) is 16.7 Å². The number of carbonyl (C=O) groups is 1. The molecule has 1 atom stereocenters. The summed E-state index contributed by atoms with van der Waals surface area (Å²) in [6, 6.07) is 15.9. The van der Waals surface area contributed by atoms with Crippen LogP contribution in [-0.4, -0.2) is 15.9 Å². The predicted molar refractivity (Wildman–Crippen MR) is 82.5 cm³/mol. The van der Waals surface area contributed by atoms with E-state index in [4.69, 9.17) is 5.73 Å². The Morgan fingerprint density at radius 2 is 1.65 bits per heavy atom. The second-order valence-corrected chi connectivity index (χ2v) is 6.12. The molecule has 2 N–H and O–H groups in total. The lowest BCUT2D eigenvalue weighted by molar-refractivity contribution is -0.115. The summed E-state index contributed by atoms with van der Waals surface area (Å²) in [6.45, 7) is 2.05. The van der Waals surface area contributed by atoms with Crippen molar-refractivity contribution in [1.82, 2.24) is 0 Å². The van der Waals surface area contributed by atoms with Crippen molar-refractivity contribution in [2.45, 2.75) is 12.7 Å². The van der Waals surface area contributed by atoms with E-state index < -0.39 is 16.7 Å². The third kappa shape index (κ3) is 3.54. The van der Waals surface area contributed by atoms with E-state index in [9.17, 15) is 9.00 Å². The molecule has 104 valence electrons. The number of amides is 1. The topological polar surface area (TPSA) is 60.2 Å². The zero-order chi connectivity index (χ0) is 14.5. The van der Waals surface area contributed by atoms with Crippen molar-refractivity contribution in [2.24, 2.45) is 5.73 Å². The number of hydrogen-bond acceptors (Lipinski definition) is 2. The van der Waals surface area contributed by atoms with Crippen LogP contribution in [0.1, 0.15) is 11.1 Å². The first-order valence-electron chi connectivity index (χ1n) is 6.35. The number of benzene rings is 2. The Kier molecular flexibility index (Phi) is 4.69. The lowest BCUT2D eigenvalue weighted by Gasteiger charge is -2.11. The molecule has 3 nitrogen and oxygen atoms in total. The third-order valence-electron chi connectivity index (χ3n) is 3.07. The highest BCUT2D eigenvalue weighted by Gasteiger charge is 2.11. The van der Waals surface area contributed by atoms with E-state index in [0.29, 0.717) is 5.75 Å². The van der Waals surface area contributed by atoms with Gasteiger partial charge in [0.1, 0.15) is 5.75 Å². The molecular weight excluding hydrogens is 270 g/mol. The fraction of sp³-hybridized carbons (Fsp3) is 0.188. The maximum absolute atomic E-state index is 11.9. The smallest absolute Gasteiger partial charge is 0.230 e. The van der Waals surface area contributed by atoms with Crippen molar-refractivity contribution in [1.29, 1.82) is 0 Å². The highest BCUT2D eigenvalue weighted by molar-refractivity contribution is 7.84. The molecule has 1 amide bonds. The Labute approximate surface area is 121 Å². The van der Waals surface area contributed by atoms with Crippen LogP contribution in [0, 0.1) is 6.92 Å². The van der Waals surface area contributed by atoms with Gasteiger partial charge in [-0.3, -0.25) is 9.00 Å². The molecule has 2 aromatic rings. The Balaban J connectivity index is 2.34. The SMILES string of the molecule is Cc1ccccc1-c1ccccc1C[S@@](=O)CC(N)=O. The minimum absolute atomic E-state index is 0.0951. The average Bonchev–Trinajstić information content (AvgIpc) is 2.39. The van der Waals surface area contributed by atoms with Crippen LogP contribution in [0.3, 0.4) is 0 Å². The molecule has 0 spiro atoms. The monoisotopic (exact) mass is 287 g/mol. The van der Waals surface area contributed by atoms with Gasteiger partial charge in [-0.25, -0.2) is 0 Å². The van der Waals surface area contributed by atoms with E-state index in [2.05, 4.69) is 0 Å². The Bertz CT molecular complexity index is 652. The lowest BCUT2D eigenvalue weighted by atomic mass is 9.97. The van der Waals surface area contributed by atoms with Gasteiger partial charge >= 0.3 is 0 Å². The van der Waals surface area contributed by atoms with Gasteiger partial charge in [-0.05, 0) is 29.2 Å². The fourth-order valence-electron chi connectivity index (χ4n) is 2.17. The molecule has 0 saturated heterocycles. The molecule has 4 heteroatoms. The van der Waals surface area contributed by atoms with Crippen LogP contribution in [0.5, 0.6) is 0 Å². The molecule has 0 unspecified atom stereocenters. The summed E-state index contributed by atoms with van der Waals surface area (Å²) >= 11 is 0. The average molecular weight is 287 g/mol. The molecule has 20 heavy (non-hydrogen) atoms. The first kappa shape index (κ1) is 14.5. The number of rotatable bonds is 5. The molecule has 0 radical (unpaired) electrons. The molecule has 0 aliphatic carbocycles. The van der Waals surface area contributed by atoms with E-state index >= 15 is 0 Å². The zero-order valence-corrected chi connectivity index (χ0v) is 12.2. The zero-order valence-electron chi connectivity index (χ0n) is 11.3. The first-order chi connectivity index (χ1) is 9.58. The summed E-state index contributed by atoms with van der Waals surface area (Å²) in [7, 11) is -1.27. The quantitative estimate of drug-likeness (QED) is 0.918. The van der Waals surface area contributed by atoms with Gasteiger partial charge in [0.2, 0.25) is 5.91 Å². The summed E-state index contributed by atoms with van der Waals surface area (Å²) < 4.78 is 11.9. The van der Waals surface area contributed by atoms with Crippen LogP contribution in [0.2, 0.25) is 0 Å². The van der Waals surface area contributed by atoms with Gasteiger partial charge < -0.3 is 5.73 Å². The van der Waals surface area contributed by atoms with Crippen molar-refractivity contribution < 1.29 is 9.00 Å². The normalized spacial score (nSPS) is 12.1. The van der Waals surface area contributed by atoms with Gasteiger partial charge in [0.15, 0.2) is 0 Å². The maximum atomic E-state index is 11.9. The molecule has 0 aliphatic heterocycles. The summed E-state index contributed by atoms with van der Waals surface area (Å²) in [5.74, 6) is -0.285. The maximum Gasteiger partial charge on any atom is 0.230 e. The molecule has 0 bridgehead atoms. The van der Waals surface area contributed by atoms with E-state index in [1.807, 2.05) is 55.5 Å².